The number of nitrogens with one attached hydrogen (secondary N) is 1. The minimum absolute atomic E-state index is 0.640. The van der Waals surface area contributed by atoms with Gasteiger partial charge in [0.2, 0.25) is 0 Å². The predicted molar refractivity (Wildman–Crippen MR) is 72.3 cm³/mol. The van der Waals surface area contributed by atoms with Gasteiger partial charge in [-0.15, -0.1) is 0 Å². The first-order valence-electron chi connectivity index (χ1n) is 5.77. The lowest BCUT2D eigenvalue weighted by Crippen LogP contribution is -2.52. The molecule has 0 aromatic heterocycles. The fraction of sp³-hybridized carbons (Fsp3) is 0.909. The Kier molecular flexibility index (Phi) is 5.65. The molecule has 0 bridgehead atoms. The first-order valence-corrected chi connectivity index (χ1v) is 8.88. The second-order valence-corrected chi connectivity index (χ2v) is 10.1. The molecule has 0 saturated carbocycles. The second kappa shape index (κ2) is 5.79. The third-order valence-corrected chi connectivity index (χ3v) is 5.71. The number of nitrogens with zero attached hydrogens (tertiary/aromatic N) is 2. The van der Waals surface area contributed by atoms with E-state index in [0.717, 1.165) is 19.0 Å². The summed E-state index contributed by atoms with van der Waals surface area (Å²) >= 11 is 0. The smallest absolute Gasteiger partial charge is 0.296 e. The normalized spacial score (nSPS) is 12.7. The van der Waals surface area contributed by atoms with Crippen molar-refractivity contribution in [1.29, 1.82) is 5.41 Å². The van der Waals surface area contributed by atoms with Gasteiger partial charge in [-0.2, -0.15) is 0 Å². The molecule has 96 valence electrons. The average Bonchev–Trinajstić information content (AvgIpc) is 2.15. The van der Waals surface area contributed by atoms with Gasteiger partial charge in [0.1, 0.15) is 0 Å². The van der Waals surface area contributed by atoms with Gasteiger partial charge in [0, 0.05) is 21.2 Å². The van der Waals surface area contributed by atoms with Crippen molar-refractivity contribution in [2.45, 2.75) is 25.6 Å². The monoisotopic (exact) mass is 246 g/mol. The van der Waals surface area contributed by atoms with E-state index < -0.39 is 8.32 Å². The molecule has 4 nitrogen and oxygen atoms in total. The van der Waals surface area contributed by atoms with Crippen LogP contribution in [0.2, 0.25) is 19.1 Å². The Labute approximate surface area is 101 Å². The van der Waals surface area contributed by atoms with Crippen LogP contribution in [0.25, 0.3) is 0 Å². The molecular formula is C11H28N3OSi+. The number of guanidine groups is 1. The zero-order valence-corrected chi connectivity index (χ0v) is 12.9. The van der Waals surface area contributed by atoms with Gasteiger partial charge in [-0.3, -0.25) is 4.48 Å². The standard InChI is InChI=1S/C11H28N3OSi/c1-13(2)11(12)14(3,4)9-8-10-16(6,7)15-5/h12H,8-10H2,1-7H3/q+1. The van der Waals surface area contributed by atoms with E-state index in [4.69, 9.17) is 9.84 Å². The van der Waals surface area contributed by atoms with Crippen molar-refractivity contribution in [3.05, 3.63) is 0 Å². The lowest BCUT2D eigenvalue weighted by molar-refractivity contribution is -0.805. The number of rotatable bonds is 5. The van der Waals surface area contributed by atoms with Crippen molar-refractivity contribution in [3.63, 3.8) is 0 Å². The van der Waals surface area contributed by atoms with Crippen LogP contribution in [0.5, 0.6) is 0 Å². The molecule has 0 aliphatic heterocycles. The highest BCUT2D eigenvalue weighted by atomic mass is 28.4. The molecule has 0 spiro atoms. The Morgan fingerprint density at radius 3 is 2.19 bits per heavy atom. The molecule has 0 aromatic carbocycles. The van der Waals surface area contributed by atoms with Gasteiger partial charge < -0.3 is 9.33 Å². The van der Waals surface area contributed by atoms with E-state index in [0.29, 0.717) is 10.4 Å². The molecule has 0 aromatic rings. The van der Waals surface area contributed by atoms with Crippen molar-refractivity contribution in [2.24, 2.45) is 0 Å². The topological polar surface area (TPSA) is 36.3 Å². The van der Waals surface area contributed by atoms with Gasteiger partial charge in [-0.05, 0) is 25.6 Å². The number of hydrogen-bond donors (Lipinski definition) is 1. The van der Waals surface area contributed by atoms with Crippen LogP contribution in [-0.2, 0) is 4.43 Å². The molecule has 0 aliphatic carbocycles. The van der Waals surface area contributed by atoms with E-state index in [1.54, 1.807) is 0 Å². The quantitative estimate of drug-likeness (QED) is 0.347. The van der Waals surface area contributed by atoms with E-state index in [9.17, 15) is 0 Å². The molecule has 0 atom stereocenters. The molecular weight excluding hydrogens is 218 g/mol. The van der Waals surface area contributed by atoms with E-state index >= 15 is 0 Å². The maximum atomic E-state index is 8.00. The SMILES string of the molecule is CO[Si](C)(C)CCC[N+](C)(C)C(=N)N(C)C. The molecule has 0 saturated heterocycles. The molecule has 0 amide bonds. The van der Waals surface area contributed by atoms with Gasteiger partial charge >= 0.3 is 0 Å². The predicted octanol–water partition coefficient (Wildman–Crippen LogP) is 1.80. The molecule has 0 rings (SSSR count). The van der Waals surface area contributed by atoms with Gasteiger partial charge in [0.05, 0.1) is 20.6 Å². The summed E-state index contributed by atoms with van der Waals surface area (Å²) in [6, 6.07) is 1.16. The Hall–Kier alpha value is -0.393. The van der Waals surface area contributed by atoms with Crippen molar-refractivity contribution < 1.29 is 8.91 Å². The molecule has 1 N–H and O–H groups in total. The highest BCUT2D eigenvalue weighted by Crippen LogP contribution is 2.14. The van der Waals surface area contributed by atoms with Gasteiger partial charge in [-0.1, -0.05) is 0 Å². The first-order chi connectivity index (χ1) is 7.12. The number of quaternary nitrogens is 1. The molecule has 0 unspecified atom stereocenters. The van der Waals surface area contributed by atoms with Crippen LogP contribution >= 0.6 is 0 Å². The summed E-state index contributed by atoms with van der Waals surface area (Å²) in [5, 5.41) is 8.00. The van der Waals surface area contributed by atoms with Crippen molar-refractivity contribution in [1.82, 2.24) is 4.90 Å². The molecule has 5 heteroatoms. The first kappa shape index (κ1) is 15.6. The van der Waals surface area contributed by atoms with Crippen LogP contribution in [0.1, 0.15) is 6.42 Å². The lowest BCUT2D eigenvalue weighted by Gasteiger charge is -2.32. The molecule has 0 aliphatic rings. The maximum absolute atomic E-state index is 8.00. The lowest BCUT2D eigenvalue weighted by atomic mass is 10.4. The van der Waals surface area contributed by atoms with Crippen molar-refractivity contribution in [2.75, 3.05) is 41.8 Å². The van der Waals surface area contributed by atoms with E-state index in [1.807, 2.05) is 26.1 Å². The van der Waals surface area contributed by atoms with Crippen LogP contribution in [0.15, 0.2) is 0 Å². The van der Waals surface area contributed by atoms with Crippen LogP contribution in [0, 0.1) is 5.41 Å². The maximum Gasteiger partial charge on any atom is 0.296 e. The van der Waals surface area contributed by atoms with E-state index in [1.165, 1.54) is 0 Å². The summed E-state index contributed by atoms with van der Waals surface area (Å²) in [5.41, 5.74) is 0. The van der Waals surface area contributed by atoms with Gasteiger partial charge in [0.15, 0.2) is 8.32 Å². The molecule has 16 heavy (non-hydrogen) atoms. The van der Waals surface area contributed by atoms with Crippen LogP contribution < -0.4 is 0 Å². The summed E-state index contributed by atoms with van der Waals surface area (Å²) in [6.45, 7) is 5.48. The van der Waals surface area contributed by atoms with Crippen molar-refractivity contribution >= 4 is 14.3 Å². The zero-order chi connectivity index (χ0) is 13.0. The van der Waals surface area contributed by atoms with Gasteiger partial charge in [-0.25, -0.2) is 5.41 Å². The highest BCUT2D eigenvalue weighted by Gasteiger charge is 2.27. The Morgan fingerprint density at radius 1 is 1.31 bits per heavy atom. The molecule has 0 radical (unpaired) electrons. The summed E-state index contributed by atoms with van der Waals surface area (Å²) in [6.07, 6.45) is 1.12. The highest BCUT2D eigenvalue weighted by molar-refractivity contribution is 6.71. The largest absolute Gasteiger partial charge is 0.420 e. The Morgan fingerprint density at radius 2 is 1.81 bits per heavy atom. The minimum Gasteiger partial charge on any atom is -0.420 e. The van der Waals surface area contributed by atoms with E-state index in [2.05, 4.69) is 27.2 Å². The average molecular weight is 246 g/mol. The summed E-state index contributed by atoms with van der Waals surface area (Å²) in [5.74, 6) is 0.650. The van der Waals surface area contributed by atoms with Crippen LogP contribution in [0.3, 0.4) is 0 Å². The van der Waals surface area contributed by atoms with Gasteiger partial charge in [0.25, 0.3) is 5.96 Å². The summed E-state index contributed by atoms with van der Waals surface area (Å²) in [4.78, 5) is 1.87. The number of hydrogen-bond acceptors (Lipinski definition) is 2. The molecule has 0 heterocycles. The van der Waals surface area contributed by atoms with Crippen LogP contribution in [-0.4, -0.2) is 65.5 Å². The summed E-state index contributed by atoms with van der Waals surface area (Å²) < 4.78 is 6.17. The Balaban J connectivity index is 4.15. The Bertz CT molecular complexity index is 239. The summed E-state index contributed by atoms with van der Waals surface area (Å²) in [7, 11) is 8.41. The fourth-order valence-electron chi connectivity index (χ4n) is 1.65. The van der Waals surface area contributed by atoms with Crippen LogP contribution in [0.4, 0.5) is 0 Å². The fourth-order valence-corrected chi connectivity index (χ4v) is 2.86. The molecule has 0 fully saturated rings. The third-order valence-electron chi connectivity index (χ3n) is 3.05. The van der Waals surface area contributed by atoms with E-state index in [-0.39, 0.29) is 0 Å². The zero-order valence-electron chi connectivity index (χ0n) is 11.9. The van der Waals surface area contributed by atoms with Crippen molar-refractivity contribution in [3.8, 4) is 0 Å². The second-order valence-electron chi connectivity index (χ2n) is 5.69. The third kappa shape index (κ3) is 5.09. The minimum atomic E-state index is -1.43.